The van der Waals surface area contributed by atoms with Gasteiger partial charge in [-0.2, -0.15) is 5.26 Å². The summed E-state index contributed by atoms with van der Waals surface area (Å²) in [7, 11) is 0. The number of para-hydroxylation sites is 1. The summed E-state index contributed by atoms with van der Waals surface area (Å²) in [6, 6.07) is 7.44. The average molecular weight is 239 g/mol. The number of hydrogen-bond donors (Lipinski definition) is 1. The van der Waals surface area contributed by atoms with Crippen LogP contribution in [-0.2, 0) is 4.79 Å². The predicted molar refractivity (Wildman–Crippen MR) is 60.0 cm³/mol. The Bertz CT molecular complexity index is 455. The molecule has 15 heavy (non-hydrogen) atoms. The summed E-state index contributed by atoms with van der Waals surface area (Å²) < 4.78 is 0. The molecule has 0 bridgehead atoms. The quantitative estimate of drug-likeness (QED) is 0.818. The molecule has 0 spiro atoms. The molecule has 0 aliphatic carbocycles. The summed E-state index contributed by atoms with van der Waals surface area (Å²) in [5, 5.41) is 11.5. The Morgan fingerprint density at radius 1 is 1.60 bits per heavy atom. The molecule has 2 rings (SSSR count). The minimum Gasteiger partial charge on any atom is -0.323 e. The molecule has 0 saturated carbocycles. The number of benzene rings is 1. The van der Waals surface area contributed by atoms with Crippen molar-refractivity contribution in [2.75, 3.05) is 5.32 Å². The maximum Gasteiger partial charge on any atom is 0.238 e. The lowest BCUT2D eigenvalue weighted by atomic mass is 10.2. The van der Waals surface area contributed by atoms with E-state index < -0.39 is 0 Å². The van der Waals surface area contributed by atoms with E-state index in [1.807, 2.05) is 18.2 Å². The predicted octanol–water partition coefficient (Wildman–Crippen LogP) is 2.67. The fraction of sp³-hybridized carbons (Fsp3) is 0.200. The summed E-state index contributed by atoms with van der Waals surface area (Å²) in [4.78, 5) is 12.5. The van der Waals surface area contributed by atoms with E-state index >= 15 is 0 Å². The van der Waals surface area contributed by atoms with Gasteiger partial charge in [0.1, 0.15) is 5.25 Å². The van der Waals surface area contributed by atoms with Crippen LogP contribution in [0, 0.1) is 11.3 Å². The molecule has 1 aromatic carbocycles. The molecule has 5 heteroatoms. The van der Waals surface area contributed by atoms with Crippen molar-refractivity contribution in [2.24, 2.45) is 0 Å². The van der Waals surface area contributed by atoms with Crippen molar-refractivity contribution in [1.82, 2.24) is 0 Å². The van der Waals surface area contributed by atoms with E-state index in [0.717, 1.165) is 4.90 Å². The number of nitrogens with zero attached hydrogens (tertiary/aromatic N) is 1. The Labute approximate surface area is 96.4 Å². The third-order valence-corrected chi connectivity index (χ3v) is 3.64. The van der Waals surface area contributed by atoms with Crippen LogP contribution in [0.4, 0.5) is 5.69 Å². The first kappa shape index (κ1) is 10.3. The number of nitriles is 1. The highest BCUT2D eigenvalue weighted by Gasteiger charge is 2.27. The lowest BCUT2D eigenvalue weighted by Gasteiger charge is -2.22. The van der Waals surface area contributed by atoms with Crippen molar-refractivity contribution < 1.29 is 4.79 Å². The second-order valence-electron chi connectivity index (χ2n) is 3.07. The lowest BCUT2D eigenvalue weighted by molar-refractivity contribution is -0.115. The van der Waals surface area contributed by atoms with Crippen molar-refractivity contribution in [3.05, 3.63) is 23.2 Å². The van der Waals surface area contributed by atoms with Gasteiger partial charge in [-0.3, -0.25) is 4.79 Å². The zero-order valence-electron chi connectivity index (χ0n) is 7.66. The smallest absolute Gasteiger partial charge is 0.238 e. The standard InChI is InChI=1S/C10H7ClN2OS/c11-6-2-1-3-7-9(6)13-10(14)8(15-7)4-5-12/h1-3,8H,4H2,(H,13,14). The number of halogens is 1. The molecule has 1 unspecified atom stereocenters. The first-order valence-electron chi connectivity index (χ1n) is 4.35. The molecule has 1 aliphatic heterocycles. The maximum atomic E-state index is 11.6. The van der Waals surface area contributed by atoms with Gasteiger partial charge < -0.3 is 5.32 Å². The Kier molecular flexibility index (Phi) is 2.85. The Hall–Kier alpha value is -1.18. The Morgan fingerprint density at radius 3 is 3.13 bits per heavy atom. The number of anilines is 1. The highest BCUT2D eigenvalue weighted by molar-refractivity contribution is 8.01. The number of rotatable bonds is 1. The van der Waals surface area contributed by atoms with E-state index in [0.29, 0.717) is 10.7 Å². The van der Waals surface area contributed by atoms with Crippen LogP contribution in [0.3, 0.4) is 0 Å². The molecule has 1 amide bonds. The summed E-state index contributed by atoms with van der Waals surface area (Å²) in [6.07, 6.45) is 0.211. The molecule has 1 aliphatic rings. The van der Waals surface area contributed by atoms with Crippen LogP contribution in [0.1, 0.15) is 6.42 Å². The Morgan fingerprint density at radius 2 is 2.40 bits per heavy atom. The largest absolute Gasteiger partial charge is 0.323 e. The van der Waals surface area contributed by atoms with Crippen molar-refractivity contribution in [2.45, 2.75) is 16.6 Å². The van der Waals surface area contributed by atoms with Gasteiger partial charge in [-0.25, -0.2) is 0 Å². The van der Waals surface area contributed by atoms with Crippen molar-refractivity contribution >= 4 is 35.0 Å². The lowest BCUT2D eigenvalue weighted by Crippen LogP contribution is -2.28. The van der Waals surface area contributed by atoms with Gasteiger partial charge in [0.05, 0.1) is 23.2 Å². The van der Waals surface area contributed by atoms with E-state index in [4.69, 9.17) is 16.9 Å². The SMILES string of the molecule is N#CCC1Sc2cccc(Cl)c2NC1=O. The number of carbonyl (C=O) groups is 1. The number of amides is 1. The van der Waals surface area contributed by atoms with Crippen LogP contribution in [0.15, 0.2) is 23.1 Å². The first-order valence-corrected chi connectivity index (χ1v) is 5.61. The molecule has 76 valence electrons. The zero-order chi connectivity index (χ0) is 10.8. The minimum absolute atomic E-state index is 0.151. The molecule has 1 heterocycles. The van der Waals surface area contributed by atoms with Crippen LogP contribution < -0.4 is 5.32 Å². The van der Waals surface area contributed by atoms with Crippen molar-refractivity contribution in [3.63, 3.8) is 0 Å². The van der Waals surface area contributed by atoms with Gasteiger partial charge in [-0.05, 0) is 12.1 Å². The molecule has 0 radical (unpaired) electrons. The summed E-state index contributed by atoms with van der Waals surface area (Å²) in [5.41, 5.74) is 0.656. The maximum absolute atomic E-state index is 11.6. The second-order valence-corrected chi connectivity index (χ2v) is 4.72. The molecule has 0 fully saturated rings. The van der Waals surface area contributed by atoms with E-state index in [2.05, 4.69) is 5.32 Å². The monoisotopic (exact) mass is 238 g/mol. The summed E-state index contributed by atoms with van der Waals surface area (Å²) in [5.74, 6) is -0.151. The number of carbonyl (C=O) groups excluding carboxylic acids is 1. The number of thioether (sulfide) groups is 1. The van der Waals surface area contributed by atoms with Gasteiger partial charge in [0.2, 0.25) is 5.91 Å². The van der Waals surface area contributed by atoms with Gasteiger partial charge in [0.15, 0.2) is 0 Å². The summed E-state index contributed by atoms with van der Waals surface area (Å²) >= 11 is 7.32. The molecule has 1 atom stereocenters. The van der Waals surface area contributed by atoms with Crippen molar-refractivity contribution in [1.29, 1.82) is 5.26 Å². The van der Waals surface area contributed by atoms with E-state index in [9.17, 15) is 4.79 Å². The first-order chi connectivity index (χ1) is 7.22. The minimum atomic E-state index is -0.332. The van der Waals surface area contributed by atoms with Crippen LogP contribution >= 0.6 is 23.4 Å². The van der Waals surface area contributed by atoms with Crippen LogP contribution in [0.2, 0.25) is 5.02 Å². The molecular weight excluding hydrogens is 232 g/mol. The van der Waals surface area contributed by atoms with Gasteiger partial charge in [-0.15, -0.1) is 11.8 Å². The van der Waals surface area contributed by atoms with Gasteiger partial charge in [-0.1, -0.05) is 17.7 Å². The molecule has 1 N–H and O–H groups in total. The van der Waals surface area contributed by atoms with E-state index in [1.165, 1.54) is 11.8 Å². The normalized spacial score (nSPS) is 18.9. The zero-order valence-corrected chi connectivity index (χ0v) is 9.23. The van der Waals surface area contributed by atoms with Gasteiger partial charge in [0, 0.05) is 4.90 Å². The third-order valence-electron chi connectivity index (χ3n) is 2.06. The molecule has 3 nitrogen and oxygen atoms in total. The second kappa shape index (κ2) is 4.13. The highest BCUT2D eigenvalue weighted by atomic mass is 35.5. The van der Waals surface area contributed by atoms with Crippen LogP contribution in [0.5, 0.6) is 0 Å². The van der Waals surface area contributed by atoms with E-state index in [-0.39, 0.29) is 17.6 Å². The summed E-state index contributed by atoms with van der Waals surface area (Å²) in [6.45, 7) is 0. The van der Waals surface area contributed by atoms with Crippen molar-refractivity contribution in [3.8, 4) is 6.07 Å². The van der Waals surface area contributed by atoms with Gasteiger partial charge in [0.25, 0.3) is 0 Å². The molecule has 1 aromatic rings. The highest BCUT2D eigenvalue weighted by Crippen LogP contribution is 2.40. The average Bonchev–Trinajstić information content (AvgIpc) is 2.21. The number of nitrogens with one attached hydrogen (secondary N) is 1. The third kappa shape index (κ3) is 1.94. The Balaban J connectivity index is 2.35. The van der Waals surface area contributed by atoms with Crippen LogP contribution in [0.25, 0.3) is 0 Å². The topological polar surface area (TPSA) is 52.9 Å². The number of fused-ring (bicyclic) bond motifs is 1. The number of hydrogen-bond acceptors (Lipinski definition) is 3. The van der Waals surface area contributed by atoms with Gasteiger partial charge >= 0.3 is 0 Å². The molecule has 0 aromatic heterocycles. The molecule has 0 saturated heterocycles. The molecular formula is C10H7ClN2OS. The van der Waals surface area contributed by atoms with E-state index in [1.54, 1.807) is 6.07 Å². The van der Waals surface area contributed by atoms with Crippen LogP contribution in [-0.4, -0.2) is 11.2 Å². The fourth-order valence-electron chi connectivity index (χ4n) is 1.35. The fourth-order valence-corrected chi connectivity index (χ4v) is 2.70.